The minimum Gasteiger partial charge on any atom is -0.481 e. The molecule has 0 bridgehead atoms. The maximum atomic E-state index is 12.4. The van der Waals surface area contributed by atoms with Crippen LogP contribution in [0.25, 0.3) is 0 Å². The average molecular weight is 371 g/mol. The molecule has 26 heavy (non-hydrogen) atoms. The summed E-state index contributed by atoms with van der Waals surface area (Å²) in [5, 5.41) is 8.62. The maximum Gasteiger partial charge on any atom is 0.306 e. The fourth-order valence-corrected chi connectivity index (χ4v) is 3.70. The Hall–Kier alpha value is -1.06. The van der Waals surface area contributed by atoms with Crippen molar-refractivity contribution in [2.75, 3.05) is 0 Å². The quantitative estimate of drug-likeness (QED) is 0.253. The molecule has 0 amide bonds. The second-order valence-electron chi connectivity index (χ2n) is 8.21. The third-order valence-electron chi connectivity index (χ3n) is 5.45. The lowest BCUT2D eigenvalue weighted by atomic mass is 9.76. The predicted octanol–water partition coefficient (Wildman–Crippen LogP) is 6.37. The zero-order chi connectivity index (χ0) is 20.0. The van der Waals surface area contributed by atoms with E-state index >= 15 is 0 Å². The van der Waals surface area contributed by atoms with E-state index in [-0.39, 0.29) is 18.0 Å². The van der Waals surface area contributed by atoms with Crippen molar-refractivity contribution in [3.8, 4) is 0 Å². The van der Waals surface area contributed by atoms with Crippen molar-refractivity contribution in [2.24, 2.45) is 11.8 Å². The Kier molecular flexibility index (Phi) is 13.5. The average Bonchev–Trinajstić information content (AvgIpc) is 2.55. The number of hydrogen-bond acceptors (Lipinski definition) is 3. The van der Waals surface area contributed by atoms with Gasteiger partial charge in [0.2, 0.25) is 0 Å². The van der Waals surface area contributed by atoms with Crippen LogP contribution in [0.2, 0.25) is 0 Å². The third kappa shape index (κ3) is 10.2. The highest BCUT2D eigenvalue weighted by molar-refractivity contribution is 5.70. The Morgan fingerprint density at radius 2 is 1.31 bits per heavy atom. The van der Waals surface area contributed by atoms with E-state index in [1.54, 1.807) is 0 Å². The van der Waals surface area contributed by atoms with Crippen molar-refractivity contribution in [3.63, 3.8) is 0 Å². The van der Waals surface area contributed by atoms with E-state index in [1.807, 2.05) is 0 Å². The lowest BCUT2D eigenvalue weighted by molar-refractivity contribution is -0.174. The molecule has 154 valence electrons. The van der Waals surface area contributed by atoms with Crippen LogP contribution in [0.1, 0.15) is 112 Å². The molecule has 4 nitrogen and oxygen atoms in total. The van der Waals surface area contributed by atoms with E-state index in [9.17, 15) is 9.59 Å². The largest absolute Gasteiger partial charge is 0.481 e. The molecule has 0 atom stereocenters. The molecular weight excluding hydrogens is 328 g/mol. The monoisotopic (exact) mass is 370 g/mol. The summed E-state index contributed by atoms with van der Waals surface area (Å²) < 4.78 is 6.08. The summed E-state index contributed by atoms with van der Waals surface area (Å²) >= 11 is 0. The molecule has 0 fully saturated rings. The van der Waals surface area contributed by atoms with Gasteiger partial charge in [0.05, 0.1) is 0 Å². The van der Waals surface area contributed by atoms with Gasteiger partial charge in [-0.1, -0.05) is 73.1 Å². The molecule has 0 radical (unpaired) electrons. The number of carbonyl (C=O) groups excluding carboxylic acids is 1. The van der Waals surface area contributed by atoms with Crippen molar-refractivity contribution >= 4 is 11.9 Å². The standard InChI is InChI=1S/C22H42O4/c1-6-7-8-14-17-22(18(2)3,19(4)5)26-21(25)16-13-11-9-10-12-15-20(23)24/h18-19H,6-17H2,1-5H3,(H,23,24). The van der Waals surface area contributed by atoms with Crippen LogP contribution in [0.4, 0.5) is 0 Å². The Labute approximate surface area is 161 Å². The molecule has 4 heteroatoms. The Morgan fingerprint density at radius 3 is 1.81 bits per heavy atom. The van der Waals surface area contributed by atoms with Gasteiger partial charge < -0.3 is 9.84 Å². The zero-order valence-electron chi connectivity index (χ0n) is 17.8. The number of rotatable bonds is 16. The van der Waals surface area contributed by atoms with Crippen molar-refractivity contribution in [1.29, 1.82) is 0 Å². The van der Waals surface area contributed by atoms with E-state index < -0.39 is 5.97 Å². The van der Waals surface area contributed by atoms with E-state index in [4.69, 9.17) is 9.84 Å². The van der Waals surface area contributed by atoms with Gasteiger partial charge in [0.25, 0.3) is 0 Å². The van der Waals surface area contributed by atoms with E-state index in [0.29, 0.717) is 18.3 Å². The van der Waals surface area contributed by atoms with Gasteiger partial charge in [-0.25, -0.2) is 0 Å². The van der Waals surface area contributed by atoms with Gasteiger partial charge >= 0.3 is 11.9 Å². The number of hydrogen-bond donors (Lipinski definition) is 1. The lowest BCUT2D eigenvalue weighted by Crippen LogP contribution is -2.45. The van der Waals surface area contributed by atoms with Crippen LogP contribution in [0.5, 0.6) is 0 Å². The van der Waals surface area contributed by atoms with Crippen LogP contribution in [-0.2, 0) is 14.3 Å². The summed E-state index contributed by atoms with van der Waals surface area (Å²) in [4.78, 5) is 22.9. The predicted molar refractivity (Wildman–Crippen MR) is 107 cm³/mol. The van der Waals surface area contributed by atoms with Crippen molar-refractivity contribution in [1.82, 2.24) is 0 Å². The number of carboxylic acid groups (broad SMARTS) is 1. The molecule has 0 spiro atoms. The molecule has 0 saturated carbocycles. The fourth-order valence-electron chi connectivity index (χ4n) is 3.70. The van der Waals surface area contributed by atoms with Crippen molar-refractivity contribution in [2.45, 2.75) is 117 Å². The second kappa shape index (κ2) is 14.1. The summed E-state index contributed by atoms with van der Waals surface area (Å²) in [6, 6.07) is 0. The Balaban J connectivity index is 4.34. The molecule has 0 aliphatic carbocycles. The topological polar surface area (TPSA) is 63.6 Å². The first-order chi connectivity index (χ1) is 12.3. The molecule has 0 aromatic rings. The van der Waals surface area contributed by atoms with Gasteiger partial charge in [-0.05, 0) is 37.5 Å². The molecule has 0 aromatic heterocycles. The van der Waals surface area contributed by atoms with Crippen molar-refractivity contribution in [3.05, 3.63) is 0 Å². The number of ether oxygens (including phenoxy) is 1. The minimum atomic E-state index is -0.730. The number of carbonyl (C=O) groups is 2. The molecule has 0 rings (SSSR count). The number of esters is 1. The molecule has 0 unspecified atom stereocenters. The Bertz CT molecular complexity index is 380. The first kappa shape index (κ1) is 24.9. The number of aliphatic carboxylic acids is 1. The summed E-state index contributed by atoms with van der Waals surface area (Å²) in [7, 11) is 0. The van der Waals surface area contributed by atoms with Crippen LogP contribution in [-0.4, -0.2) is 22.6 Å². The lowest BCUT2D eigenvalue weighted by Gasteiger charge is -2.41. The van der Waals surface area contributed by atoms with Gasteiger partial charge in [0, 0.05) is 12.8 Å². The highest BCUT2D eigenvalue weighted by Crippen LogP contribution is 2.36. The summed E-state index contributed by atoms with van der Waals surface area (Å²) in [5.41, 5.74) is -0.355. The van der Waals surface area contributed by atoms with Crippen LogP contribution < -0.4 is 0 Å². The normalized spacial score (nSPS) is 12.0. The molecule has 0 aromatic carbocycles. The molecule has 0 heterocycles. The molecule has 1 N–H and O–H groups in total. The van der Waals surface area contributed by atoms with Gasteiger partial charge in [-0.3, -0.25) is 9.59 Å². The highest BCUT2D eigenvalue weighted by Gasteiger charge is 2.40. The summed E-state index contributed by atoms with van der Waals surface area (Å²) in [5.74, 6) is -0.187. The Morgan fingerprint density at radius 1 is 0.808 bits per heavy atom. The van der Waals surface area contributed by atoms with Crippen LogP contribution in [0, 0.1) is 11.8 Å². The summed E-state index contributed by atoms with van der Waals surface area (Å²) in [6.45, 7) is 10.9. The smallest absolute Gasteiger partial charge is 0.306 e. The first-order valence-corrected chi connectivity index (χ1v) is 10.7. The molecule has 0 saturated heterocycles. The van der Waals surface area contributed by atoms with E-state index in [1.165, 1.54) is 19.3 Å². The van der Waals surface area contributed by atoms with Crippen LogP contribution in [0.15, 0.2) is 0 Å². The maximum absolute atomic E-state index is 12.4. The third-order valence-corrected chi connectivity index (χ3v) is 5.45. The van der Waals surface area contributed by atoms with Gasteiger partial charge in [0.1, 0.15) is 5.60 Å². The van der Waals surface area contributed by atoms with Gasteiger partial charge in [0.15, 0.2) is 0 Å². The molecule has 0 aliphatic rings. The highest BCUT2D eigenvalue weighted by atomic mass is 16.6. The first-order valence-electron chi connectivity index (χ1n) is 10.7. The van der Waals surface area contributed by atoms with Crippen LogP contribution >= 0.6 is 0 Å². The van der Waals surface area contributed by atoms with E-state index in [0.717, 1.165) is 44.9 Å². The van der Waals surface area contributed by atoms with Crippen molar-refractivity contribution < 1.29 is 19.4 Å². The van der Waals surface area contributed by atoms with E-state index in [2.05, 4.69) is 34.6 Å². The molecular formula is C22H42O4. The summed E-state index contributed by atoms with van der Waals surface area (Å²) in [6.07, 6.45) is 10.8. The number of unbranched alkanes of at least 4 members (excludes halogenated alkanes) is 7. The fraction of sp³-hybridized carbons (Fsp3) is 0.909. The minimum absolute atomic E-state index is 0.0755. The van der Waals surface area contributed by atoms with Gasteiger partial charge in [-0.2, -0.15) is 0 Å². The van der Waals surface area contributed by atoms with Gasteiger partial charge in [-0.15, -0.1) is 0 Å². The SMILES string of the molecule is CCCCCCC(OC(=O)CCCCCCCC(=O)O)(C(C)C)C(C)C. The second-order valence-corrected chi connectivity index (χ2v) is 8.21. The zero-order valence-corrected chi connectivity index (χ0v) is 17.8. The number of carboxylic acids is 1. The van der Waals surface area contributed by atoms with Crippen LogP contribution in [0.3, 0.4) is 0 Å². The molecule has 0 aliphatic heterocycles.